The van der Waals surface area contributed by atoms with Crippen LogP contribution in [0.3, 0.4) is 0 Å². The highest BCUT2D eigenvalue weighted by atomic mass is 19.4. The Balaban J connectivity index is 1.80. The molecule has 0 aliphatic carbocycles. The zero-order chi connectivity index (χ0) is 20.9. The third kappa shape index (κ3) is 3.90. The molecule has 3 heterocycles. The number of carbonyl (C=O) groups excluding carboxylic acids is 1. The lowest BCUT2D eigenvalue weighted by atomic mass is 9.80. The van der Waals surface area contributed by atoms with Crippen molar-refractivity contribution >= 4 is 11.6 Å². The Labute approximate surface area is 161 Å². The molecular weight excluding hydrogens is 377 g/mol. The van der Waals surface area contributed by atoms with Gasteiger partial charge in [0.25, 0.3) is 5.91 Å². The van der Waals surface area contributed by atoms with E-state index in [0.717, 1.165) is 6.42 Å². The molecular formula is C18H27F3N4O3. The molecule has 0 spiro atoms. The largest absolute Gasteiger partial charge is 0.433 e. The Morgan fingerprint density at radius 1 is 1.36 bits per heavy atom. The summed E-state index contributed by atoms with van der Waals surface area (Å²) in [6.45, 7) is 2.57. The van der Waals surface area contributed by atoms with Crippen LogP contribution in [0.15, 0.2) is 16.8 Å². The predicted molar refractivity (Wildman–Crippen MR) is 96.6 cm³/mol. The molecule has 0 aromatic heterocycles. The minimum absolute atomic E-state index is 0.0966. The molecule has 7 nitrogen and oxygen atoms in total. The predicted octanol–water partition coefficient (Wildman–Crippen LogP) is 0.460. The first-order chi connectivity index (χ1) is 12.9. The van der Waals surface area contributed by atoms with Gasteiger partial charge in [-0.25, -0.2) is 0 Å². The molecule has 3 fully saturated rings. The Bertz CT molecular complexity index is 707. The highest BCUT2D eigenvalue weighted by Crippen LogP contribution is 2.47. The van der Waals surface area contributed by atoms with E-state index in [1.165, 1.54) is 13.8 Å². The summed E-state index contributed by atoms with van der Waals surface area (Å²) in [5, 5.41) is 22.5. The van der Waals surface area contributed by atoms with Gasteiger partial charge in [-0.15, -0.1) is 0 Å². The first-order valence-electron chi connectivity index (χ1n) is 9.38. The van der Waals surface area contributed by atoms with Crippen LogP contribution < -0.4 is 11.1 Å². The van der Waals surface area contributed by atoms with Gasteiger partial charge < -0.3 is 21.3 Å². The van der Waals surface area contributed by atoms with Crippen LogP contribution in [0, 0.1) is 0 Å². The van der Waals surface area contributed by atoms with Gasteiger partial charge in [-0.3, -0.25) is 14.7 Å². The lowest BCUT2D eigenvalue weighted by molar-refractivity contribution is -0.119. The van der Waals surface area contributed by atoms with Crippen molar-refractivity contribution in [2.75, 3.05) is 13.2 Å². The van der Waals surface area contributed by atoms with E-state index in [1.54, 1.807) is 0 Å². The molecule has 2 unspecified atom stereocenters. The molecule has 0 saturated carbocycles. The third-order valence-corrected chi connectivity index (χ3v) is 5.90. The summed E-state index contributed by atoms with van der Waals surface area (Å²) in [5.74, 6) is -0.952. The molecule has 0 aromatic carbocycles. The molecule has 158 valence electrons. The number of nitrogens with zero attached hydrogens (tertiary/aromatic N) is 2. The van der Waals surface area contributed by atoms with Crippen LogP contribution in [0.1, 0.15) is 39.5 Å². The number of nitrogens with two attached hydrogens (primary N) is 1. The molecule has 28 heavy (non-hydrogen) atoms. The van der Waals surface area contributed by atoms with Crippen molar-refractivity contribution in [3.8, 4) is 0 Å². The van der Waals surface area contributed by atoms with E-state index < -0.39 is 41.1 Å². The Morgan fingerprint density at radius 2 is 2.04 bits per heavy atom. The van der Waals surface area contributed by atoms with Crippen LogP contribution >= 0.6 is 0 Å². The molecule has 10 heteroatoms. The molecule has 3 aliphatic rings. The Kier molecular flexibility index (Phi) is 5.26. The van der Waals surface area contributed by atoms with E-state index in [1.807, 2.05) is 0 Å². The van der Waals surface area contributed by atoms with Gasteiger partial charge in [0.15, 0.2) is 5.71 Å². The average Bonchev–Trinajstić information content (AvgIpc) is 3.10. The van der Waals surface area contributed by atoms with Crippen LogP contribution in [0.2, 0.25) is 0 Å². The number of amides is 1. The van der Waals surface area contributed by atoms with Crippen molar-refractivity contribution in [1.82, 2.24) is 10.2 Å². The molecule has 3 aliphatic heterocycles. The first kappa shape index (κ1) is 21.1. The van der Waals surface area contributed by atoms with Crippen molar-refractivity contribution in [2.45, 2.75) is 75.0 Å². The van der Waals surface area contributed by atoms with Gasteiger partial charge in [-0.1, -0.05) is 0 Å². The molecule has 4 atom stereocenters. The second kappa shape index (κ2) is 7.00. The van der Waals surface area contributed by atoms with E-state index >= 15 is 0 Å². The van der Waals surface area contributed by atoms with Crippen LogP contribution in [0.4, 0.5) is 13.2 Å². The van der Waals surface area contributed by atoms with Crippen LogP contribution in [0.25, 0.3) is 0 Å². The fourth-order valence-electron chi connectivity index (χ4n) is 4.63. The third-order valence-electron chi connectivity index (χ3n) is 5.90. The minimum Gasteiger partial charge on any atom is -0.404 e. The molecule has 0 aromatic rings. The fourth-order valence-corrected chi connectivity index (χ4v) is 4.63. The molecule has 3 saturated heterocycles. The maximum Gasteiger partial charge on any atom is 0.433 e. The zero-order valence-corrected chi connectivity index (χ0v) is 16.0. The first-order valence-corrected chi connectivity index (χ1v) is 9.38. The van der Waals surface area contributed by atoms with Crippen molar-refractivity contribution in [2.24, 2.45) is 10.7 Å². The number of hydrogen-bond donors (Lipinski definition) is 4. The second-order valence-corrected chi connectivity index (χ2v) is 8.69. The molecule has 2 bridgehead atoms. The van der Waals surface area contributed by atoms with E-state index in [9.17, 15) is 28.2 Å². The van der Waals surface area contributed by atoms with E-state index in [0.29, 0.717) is 32.0 Å². The maximum atomic E-state index is 13.6. The van der Waals surface area contributed by atoms with E-state index in [-0.39, 0.29) is 18.1 Å². The SMILES string of the molecule is CC(C)(CO)N=C(C(=CN)C(=O)N[C@H]1CCC2C[C@@]3(O)CC1N2C3)C(F)(F)F. The van der Waals surface area contributed by atoms with E-state index in [4.69, 9.17) is 5.73 Å². The summed E-state index contributed by atoms with van der Waals surface area (Å²) < 4.78 is 40.7. The molecule has 1 amide bonds. The minimum atomic E-state index is -4.91. The lowest BCUT2D eigenvalue weighted by Gasteiger charge is -2.43. The van der Waals surface area contributed by atoms with Gasteiger partial charge in [-0.2, -0.15) is 13.2 Å². The summed E-state index contributed by atoms with van der Waals surface area (Å²) in [6, 6.07) is -0.201. The number of carbonyl (C=O) groups is 1. The Hall–Kier alpha value is -1.65. The normalized spacial score (nSPS) is 34.0. The van der Waals surface area contributed by atoms with Gasteiger partial charge in [0.05, 0.1) is 23.3 Å². The lowest BCUT2D eigenvalue weighted by Crippen LogP contribution is -2.57. The van der Waals surface area contributed by atoms with Gasteiger partial charge in [0.1, 0.15) is 0 Å². The van der Waals surface area contributed by atoms with Gasteiger partial charge >= 0.3 is 6.18 Å². The van der Waals surface area contributed by atoms with Crippen LogP contribution in [-0.2, 0) is 4.79 Å². The van der Waals surface area contributed by atoms with Crippen molar-refractivity contribution in [3.63, 3.8) is 0 Å². The van der Waals surface area contributed by atoms with Gasteiger partial charge in [-0.05, 0) is 39.5 Å². The topological polar surface area (TPSA) is 111 Å². The second-order valence-electron chi connectivity index (χ2n) is 8.69. The number of piperidine rings is 2. The van der Waals surface area contributed by atoms with Crippen LogP contribution in [0.5, 0.6) is 0 Å². The molecule has 3 rings (SSSR count). The number of hydrogen-bond acceptors (Lipinski definition) is 6. The number of fused-ring (bicyclic) bond motifs is 1. The smallest absolute Gasteiger partial charge is 0.404 e. The number of halogens is 3. The number of rotatable bonds is 5. The van der Waals surface area contributed by atoms with Gasteiger partial charge in [0, 0.05) is 30.9 Å². The van der Waals surface area contributed by atoms with Crippen molar-refractivity contribution in [1.29, 1.82) is 0 Å². The summed E-state index contributed by atoms with van der Waals surface area (Å²) in [6.07, 6.45) is -1.70. The van der Waals surface area contributed by atoms with Crippen LogP contribution in [-0.4, -0.2) is 75.3 Å². The number of aliphatic hydroxyl groups excluding tert-OH is 1. The average molecular weight is 404 g/mol. The summed E-state index contributed by atoms with van der Waals surface area (Å²) in [5.41, 5.74) is 1.01. The number of nitrogens with one attached hydrogen (secondary N) is 1. The quantitative estimate of drug-likeness (QED) is 0.393. The highest BCUT2D eigenvalue weighted by molar-refractivity contribution is 6.23. The van der Waals surface area contributed by atoms with Crippen molar-refractivity contribution in [3.05, 3.63) is 11.8 Å². The zero-order valence-electron chi connectivity index (χ0n) is 16.0. The summed E-state index contributed by atoms with van der Waals surface area (Å²) >= 11 is 0. The number of aliphatic hydroxyl groups is 2. The molecule has 5 N–H and O–H groups in total. The monoisotopic (exact) mass is 404 g/mol. The summed E-state index contributed by atoms with van der Waals surface area (Å²) in [7, 11) is 0. The van der Waals surface area contributed by atoms with Crippen molar-refractivity contribution < 1.29 is 28.2 Å². The van der Waals surface area contributed by atoms with E-state index in [2.05, 4.69) is 15.2 Å². The number of aliphatic imine (C=N–C) groups is 1. The molecule has 0 radical (unpaired) electrons. The highest BCUT2D eigenvalue weighted by Gasteiger charge is 2.57. The summed E-state index contributed by atoms with van der Waals surface area (Å²) in [4.78, 5) is 18.4. The Morgan fingerprint density at radius 3 is 2.57 bits per heavy atom. The fraction of sp³-hybridized carbons (Fsp3) is 0.778. The van der Waals surface area contributed by atoms with Gasteiger partial charge in [0.2, 0.25) is 0 Å². The maximum absolute atomic E-state index is 13.6. The number of alkyl halides is 3. The standard InChI is InChI=1S/C18H27F3N4O3/c1-16(2,9-26)24-14(18(19,20)21)11(7-22)15(27)23-12-4-3-10-5-17(28)6-13(12)25(10)8-17/h7,10,12-13,26,28H,3-6,8-9,22H2,1-2H3,(H,23,27)/t10?,12-,13?,17+/m0/s1.